The van der Waals surface area contributed by atoms with Crippen molar-refractivity contribution in [2.45, 2.75) is 36.6 Å². The van der Waals surface area contributed by atoms with Crippen LogP contribution in [0, 0.1) is 0 Å². The third kappa shape index (κ3) is 11.2. The van der Waals surface area contributed by atoms with Crippen molar-refractivity contribution in [1.82, 2.24) is 10.6 Å². The van der Waals surface area contributed by atoms with Gasteiger partial charge in [-0.15, -0.1) is 0 Å². The molecule has 0 unspecified atom stereocenters. The van der Waals surface area contributed by atoms with Gasteiger partial charge in [0.05, 0.1) is 25.4 Å². The van der Waals surface area contributed by atoms with E-state index in [4.69, 9.17) is 40.9 Å². The van der Waals surface area contributed by atoms with Gasteiger partial charge in [0.15, 0.2) is 0 Å². The highest BCUT2D eigenvalue weighted by molar-refractivity contribution is 5.46. The van der Waals surface area contributed by atoms with E-state index in [1.165, 1.54) is 0 Å². The molecule has 0 aromatic rings. The second kappa shape index (κ2) is 15.2. The van der Waals surface area contributed by atoms with Crippen LogP contribution in [-0.2, 0) is 9.59 Å². The third-order valence-corrected chi connectivity index (χ3v) is 2.77. The molecular weight excluding hydrogens is 332 g/mol. The largest absolute Gasteiger partial charge is 0.394 e. The molecule has 0 saturated carbocycles. The van der Waals surface area contributed by atoms with E-state index >= 15 is 0 Å². The summed E-state index contributed by atoms with van der Waals surface area (Å²) in [5, 5.41) is 74.6. The average molecular weight is 358 g/mol. The van der Waals surface area contributed by atoms with E-state index in [2.05, 4.69) is 10.6 Å². The van der Waals surface area contributed by atoms with E-state index in [0.717, 1.165) is 0 Å². The van der Waals surface area contributed by atoms with Crippen LogP contribution in [0.2, 0.25) is 0 Å². The van der Waals surface area contributed by atoms with Gasteiger partial charge in [0.2, 0.25) is 12.8 Å². The monoisotopic (exact) mass is 358 g/mol. The van der Waals surface area contributed by atoms with E-state index < -0.39 is 49.8 Å². The fraction of sp³-hybridized carbons (Fsp3) is 0.833. The number of hydrogen-bond acceptors (Lipinski definition) is 10. The highest BCUT2D eigenvalue weighted by atomic mass is 16.4. The molecule has 0 fully saturated rings. The second-order valence-corrected chi connectivity index (χ2v) is 4.67. The minimum atomic E-state index is -1.46. The van der Waals surface area contributed by atoms with Crippen LogP contribution in [-0.4, -0.2) is 117 Å². The maximum atomic E-state index is 9.76. The molecule has 0 aliphatic rings. The summed E-state index contributed by atoms with van der Waals surface area (Å²) < 4.78 is 0. The van der Waals surface area contributed by atoms with Gasteiger partial charge in [0.1, 0.15) is 24.4 Å². The Morgan fingerprint density at radius 3 is 1.12 bits per heavy atom. The van der Waals surface area contributed by atoms with Crippen LogP contribution in [0.15, 0.2) is 0 Å². The molecule has 0 aliphatic carbocycles. The summed E-state index contributed by atoms with van der Waals surface area (Å²) in [5.41, 5.74) is 0. The highest BCUT2D eigenvalue weighted by Gasteiger charge is 2.24. The van der Waals surface area contributed by atoms with Gasteiger partial charge < -0.3 is 51.5 Å². The van der Waals surface area contributed by atoms with E-state index in [1.807, 2.05) is 0 Å². The standard InChI is InChI=1S/2C6H13NO5/c2*8-2-5(11)6(12)4(10)1-7-3-9/h2*3-6,8,10-12H,1-2H2,(H,7,9)/t2*4-,5-,6+/m11/s1. The smallest absolute Gasteiger partial charge is 0.207 e. The van der Waals surface area contributed by atoms with Gasteiger partial charge in [0, 0.05) is 13.1 Å². The van der Waals surface area contributed by atoms with Crippen LogP contribution in [0.4, 0.5) is 0 Å². The molecule has 0 spiro atoms. The van der Waals surface area contributed by atoms with Crippen LogP contribution in [0.5, 0.6) is 0 Å². The summed E-state index contributed by atoms with van der Waals surface area (Å²) in [7, 11) is 0. The highest BCUT2D eigenvalue weighted by Crippen LogP contribution is 1.98. The minimum Gasteiger partial charge on any atom is -0.394 e. The van der Waals surface area contributed by atoms with Gasteiger partial charge in [-0.25, -0.2) is 0 Å². The number of amides is 2. The number of carbonyl (C=O) groups is 2. The molecule has 0 aromatic heterocycles. The van der Waals surface area contributed by atoms with Gasteiger partial charge >= 0.3 is 0 Å². The summed E-state index contributed by atoms with van der Waals surface area (Å²) >= 11 is 0. The van der Waals surface area contributed by atoms with Crippen molar-refractivity contribution < 1.29 is 50.4 Å². The fourth-order valence-corrected chi connectivity index (χ4v) is 1.31. The molecule has 144 valence electrons. The molecule has 0 radical (unpaired) electrons. The molecular formula is C12H26N2O10. The molecule has 0 aliphatic heterocycles. The van der Waals surface area contributed by atoms with Crippen molar-refractivity contribution in [3.05, 3.63) is 0 Å². The maximum absolute atomic E-state index is 9.76. The predicted molar refractivity (Wildman–Crippen MR) is 78.3 cm³/mol. The van der Waals surface area contributed by atoms with Gasteiger partial charge in [-0.2, -0.15) is 0 Å². The lowest BCUT2D eigenvalue weighted by molar-refractivity contribution is -0.112. The number of aliphatic hydroxyl groups is 8. The molecule has 0 aromatic carbocycles. The zero-order valence-electron chi connectivity index (χ0n) is 12.8. The predicted octanol–water partition coefficient (Wildman–Crippen LogP) is -6.39. The Labute approximate surface area is 138 Å². The number of nitrogens with one attached hydrogen (secondary N) is 2. The van der Waals surface area contributed by atoms with Crippen LogP contribution < -0.4 is 10.6 Å². The first-order valence-electron chi connectivity index (χ1n) is 6.90. The van der Waals surface area contributed by atoms with Crippen molar-refractivity contribution in [3.63, 3.8) is 0 Å². The van der Waals surface area contributed by atoms with Crippen LogP contribution in [0.3, 0.4) is 0 Å². The van der Waals surface area contributed by atoms with Crippen LogP contribution in [0.1, 0.15) is 0 Å². The van der Waals surface area contributed by atoms with Crippen molar-refractivity contribution in [2.75, 3.05) is 26.3 Å². The summed E-state index contributed by atoms with van der Waals surface area (Å²) in [6.07, 6.45) is -7.54. The first-order chi connectivity index (χ1) is 11.3. The van der Waals surface area contributed by atoms with E-state index in [0.29, 0.717) is 12.8 Å². The van der Waals surface area contributed by atoms with Crippen molar-refractivity contribution in [3.8, 4) is 0 Å². The molecule has 2 amide bonds. The van der Waals surface area contributed by atoms with Gasteiger partial charge in [-0.1, -0.05) is 0 Å². The lowest BCUT2D eigenvalue weighted by atomic mass is 10.1. The Balaban J connectivity index is 0. The van der Waals surface area contributed by atoms with E-state index in [9.17, 15) is 9.59 Å². The van der Waals surface area contributed by atoms with E-state index in [1.54, 1.807) is 0 Å². The molecule has 0 rings (SSSR count). The zero-order chi connectivity index (χ0) is 19.1. The van der Waals surface area contributed by atoms with Crippen LogP contribution in [0.25, 0.3) is 0 Å². The topological polar surface area (TPSA) is 220 Å². The molecule has 6 atom stereocenters. The zero-order valence-corrected chi connectivity index (χ0v) is 12.8. The molecule has 10 N–H and O–H groups in total. The summed E-state index contributed by atoms with van der Waals surface area (Å²) in [6, 6.07) is 0. The number of carbonyl (C=O) groups excluding carboxylic acids is 2. The average Bonchev–Trinajstić information content (AvgIpc) is 2.61. The Bertz CT molecular complexity index is 292. The Morgan fingerprint density at radius 1 is 0.625 bits per heavy atom. The normalized spacial score (nSPS) is 18.0. The lowest BCUT2D eigenvalue weighted by Crippen LogP contribution is -2.44. The van der Waals surface area contributed by atoms with Gasteiger partial charge in [0.25, 0.3) is 0 Å². The molecule has 12 heteroatoms. The molecule has 12 nitrogen and oxygen atoms in total. The molecule has 0 bridgehead atoms. The minimum absolute atomic E-state index is 0.165. The van der Waals surface area contributed by atoms with Crippen molar-refractivity contribution in [2.24, 2.45) is 0 Å². The van der Waals surface area contributed by atoms with Gasteiger partial charge in [-0.05, 0) is 0 Å². The molecule has 24 heavy (non-hydrogen) atoms. The van der Waals surface area contributed by atoms with E-state index in [-0.39, 0.29) is 13.1 Å². The number of rotatable bonds is 12. The number of aliphatic hydroxyl groups excluding tert-OH is 8. The Kier molecular flexibility index (Phi) is 15.7. The SMILES string of the molecule is O=CNC[C@@H](O)[C@H](O)[C@H](O)CO.O=CNC[C@@H](O)[C@H](O)[C@H](O)CO. The summed E-state index contributed by atoms with van der Waals surface area (Å²) in [5.74, 6) is 0. The Morgan fingerprint density at radius 2 is 0.917 bits per heavy atom. The molecule has 0 heterocycles. The summed E-state index contributed by atoms with van der Waals surface area (Å²) in [4.78, 5) is 19.5. The first-order valence-corrected chi connectivity index (χ1v) is 6.90. The van der Waals surface area contributed by atoms with Crippen LogP contribution >= 0.6 is 0 Å². The lowest BCUT2D eigenvalue weighted by Gasteiger charge is -2.20. The first kappa shape index (κ1) is 24.9. The quantitative estimate of drug-likeness (QED) is 0.149. The van der Waals surface area contributed by atoms with Crippen molar-refractivity contribution in [1.29, 1.82) is 0 Å². The number of hydrogen-bond donors (Lipinski definition) is 10. The maximum Gasteiger partial charge on any atom is 0.207 e. The summed E-state index contributed by atoms with van der Waals surface area (Å²) in [6.45, 7) is -1.61. The fourth-order valence-electron chi connectivity index (χ4n) is 1.31. The Hall–Kier alpha value is -1.38. The van der Waals surface area contributed by atoms with Gasteiger partial charge in [-0.3, -0.25) is 9.59 Å². The third-order valence-electron chi connectivity index (χ3n) is 2.77. The second-order valence-electron chi connectivity index (χ2n) is 4.67. The molecule has 0 saturated heterocycles. The van der Waals surface area contributed by atoms with Crippen molar-refractivity contribution >= 4 is 12.8 Å².